The molecule has 5 nitrogen and oxygen atoms in total. The molecule has 1 amide bonds. The molecule has 2 bridgehead atoms. The fourth-order valence-corrected chi connectivity index (χ4v) is 3.84. The van der Waals surface area contributed by atoms with Crippen LogP contribution in [0.4, 0.5) is 13.2 Å². The van der Waals surface area contributed by atoms with Crippen LogP contribution in [-0.4, -0.2) is 61.5 Å². The number of alkyl halides is 3. The van der Waals surface area contributed by atoms with Gasteiger partial charge < -0.3 is 14.4 Å². The Balaban J connectivity index is 1.68. The first-order valence-corrected chi connectivity index (χ1v) is 8.72. The fourth-order valence-electron chi connectivity index (χ4n) is 3.84. The quantitative estimate of drug-likeness (QED) is 0.770. The van der Waals surface area contributed by atoms with E-state index >= 15 is 0 Å². The predicted octanol–water partition coefficient (Wildman–Crippen LogP) is 2.65. The number of piperidine rings is 1. The van der Waals surface area contributed by atoms with Gasteiger partial charge in [0.2, 0.25) is 5.91 Å². The van der Waals surface area contributed by atoms with Gasteiger partial charge in [-0.2, -0.15) is 0 Å². The van der Waals surface area contributed by atoms with Crippen molar-refractivity contribution in [1.82, 2.24) is 9.80 Å². The lowest BCUT2D eigenvalue weighted by Crippen LogP contribution is -2.49. The van der Waals surface area contributed by atoms with Crippen LogP contribution in [0.5, 0.6) is 5.75 Å². The van der Waals surface area contributed by atoms with Crippen LogP contribution >= 0.6 is 0 Å². The van der Waals surface area contributed by atoms with Crippen molar-refractivity contribution in [2.45, 2.75) is 31.8 Å². The van der Waals surface area contributed by atoms with Crippen LogP contribution in [0.15, 0.2) is 24.3 Å². The van der Waals surface area contributed by atoms with Crippen molar-refractivity contribution in [1.29, 1.82) is 0 Å². The minimum Gasteiger partial charge on any atom is -0.406 e. The summed E-state index contributed by atoms with van der Waals surface area (Å²) < 4.78 is 46.3. The summed E-state index contributed by atoms with van der Waals surface area (Å²) in [5.74, 6) is -0.110. The second-order valence-corrected chi connectivity index (χ2v) is 6.84. The minimum absolute atomic E-state index is 0.0554. The molecule has 2 atom stereocenters. The van der Waals surface area contributed by atoms with Crippen molar-refractivity contribution in [2.24, 2.45) is 5.92 Å². The monoisotopic (exact) mass is 372 g/mol. The van der Waals surface area contributed by atoms with Crippen LogP contribution in [0.3, 0.4) is 0 Å². The molecule has 1 aromatic carbocycles. The molecule has 0 N–H and O–H groups in total. The molecule has 26 heavy (non-hydrogen) atoms. The first kappa shape index (κ1) is 19.0. The van der Waals surface area contributed by atoms with Crippen LogP contribution in [0, 0.1) is 5.92 Å². The number of benzene rings is 1. The van der Waals surface area contributed by atoms with E-state index in [0.29, 0.717) is 26.2 Å². The zero-order valence-corrected chi connectivity index (χ0v) is 14.7. The van der Waals surface area contributed by atoms with E-state index in [-0.39, 0.29) is 23.6 Å². The highest BCUT2D eigenvalue weighted by Crippen LogP contribution is 2.30. The van der Waals surface area contributed by atoms with E-state index in [0.717, 1.165) is 24.9 Å². The number of methoxy groups -OCH3 is 1. The molecule has 8 heteroatoms. The number of ether oxygens (including phenoxy) is 2. The summed E-state index contributed by atoms with van der Waals surface area (Å²) in [6.45, 7) is 2.93. The van der Waals surface area contributed by atoms with Crippen LogP contribution in [0.1, 0.15) is 18.4 Å². The maximum atomic E-state index is 12.6. The Morgan fingerprint density at radius 3 is 2.77 bits per heavy atom. The number of fused-ring (bicyclic) bond motifs is 4. The Hall–Kier alpha value is -1.80. The lowest BCUT2D eigenvalue weighted by atomic mass is 9.94. The van der Waals surface area contributed by atoms with E-state index in [1.165, 1.54) is 12.1 Å². The molecule has 144 valence electrons. The molecular formula is C18H23F3N2O3. The maximum absolute atomic E-state index is 12.6. The fraction of sp³-hybridized carbons (Fsp3) is 0.611. The molecule has 1 aromatic rings. The summed E-state index contributed by atoms with van der Waals surface area (Å²) in [6, 6.07) is 6.16. The van der Waals surface area contributed by atoms with Gasteiger partial charge in [0.05, 0.1) is 12.5 Å². The van der Waals surface area contributed by atoms with E-state index in [1.54, 1.807) is 19.2 Å². The number of hydrogen-bond acceptors (Lipinski definition) is 4. The van der Waals surface area contributed by atoms with E-state index in [4.69, 9.17) is 4.74 Å². The largest absolute Gasteiger partial charge is 0.573 e. The highest BCUT2D eigenvalue weighted by Gasteiger charge is 2.40. The molecule has 0 unspecified atom stereocenters. The van der Waals surface area contributed by atoms with Crippen LogP contribution in [-0.2, 0) is 16.1 Å². The third-order valence-corrected chi connectivity index (χ3v) is 4.94. The smallest absolute Gasteiger partial charge is 0.406 e. The second-order valence-electron chi connectivity index (χ2n) is 6.84. The third-order valence-electron chi connectivity index (χ3n) is 4.94. The average Bonchev–Trinajstić information content (AvgIpc) is 2.82. The third kappa shape index (κ3) is 4.67. The number of nitrogens with zero attached hydrogens (tertiary/aromatic N) is 2. The molecule has 3 heterocycles. The molecule has 3 fully saturated rings. The van der Waals surface area contributed by atoms with Gasteiger partial charge in [0.25, 0.3) is 0 Å². The van der Waals surface area contributed by atoms with E-state index in [1.807, 2.05) is 4.90 Å². The van der Waals surface area contributed by atoms with E-state index < -0.39 is 6.36 Å². The summed E-state index contributed by atoms with van der Waals surface area (Å²) in [5.41, 5.74) is 0.740. The van der Waals surface area contributed by atoms with Gasteiger partial charge in [-0.3, -0.25) is 9.69 Å². The van der Waals surface area contributed by atoms with Crippen molar-refractivity contribution in [3.05, 3.63) is 29.8 Å². The molecule has 3 aliphatic heterocycles. The second kappa shape index (κ2) is 7.84. The molecule has 0 spiro atoms. The van der Waals surface area contributed by atoms with Gasteiger partial charge in [-0.15, -0.1) is 13.2 Å². The molecule has 0 aromatic heterocycles. The average molecular weight is 372 g/mol. The number of amides is 1. The Morgan fingerprint density at radius 1 is 1.23 bits per heavy atom. The first-order chi connectivity index (χ1) is 12.4. The maximum Gasteiger partial charge on any atom is 0.573 e. The summed E-state index contributed by atoms with van der Waals surface area (Å²) >= 11 is 0. The molecule has 0 radical (unpaired) electrons. The summed E-state index contributed by atoms with van der Waals surface area (Å²) in [7, 11) is 1.61. The summed E-state index contributed by atoms with van der Waals surface area (Å²) in [6.07, 6.45) is -2.89. The van der Waals surface area contributed by atoms with Crippen molar-refractivity contribution in [2.75, 3.05) is 33.4 Å². The van der Waals surface area contributed by atoms with Gasteiger partial charge in [-0.25, -0.2) is 0 Å². The lowest BCUT2D eigenvalue weighted by molar-refractivity contribution is -0.274. The van der Waals surface area contributed by atoms with Crippen molar-refractivity contribution >= 4 is 5.91 Å². The van der Waals surface area contributed by atoms with Crippen molar-refractivity contribution < 1.29 is 27.4 Å². The molecular weight excluding hydrogens is 349 g/mol. The predicted molar refractivity (Wildman–Crippen MR) is 88.5 cm³/mol. The Bertz CT molecular complexity index is 638. The van der Waals surface area contributed by atoms with Gasteiger partial charge in [0.15, 0.2) is 0 Å². The Labute approximate surface area is 150 Å². The topological polar surface area (TPSA) is 42.0 Å². The van der Waals surface area contributed by atoms with Crippen molar-refractivity contribution in [3.8, 4) is 5.75 Å². The van der Waals surface area contributed by atoms with Crippen LogP contribution in [0.2, 0.25) is 0 Å². The van der Waals surface area contributed by atoms with Gasteiger partial charge >= 0.3 is 6.36 Å². The van der Waals surface area contributed by atoms with E-state index in [2.05, 4.69) is 9.64 Å². The zero-order valence-electron chi connectivity index (χ0n) is 14.7. The first-order valence-electron chi connectivity index (χ1n) is 8.72. The van der Waals surface area contributed by atoms with Gasteiger partial charge in [-0.1, -0.05) is 12.1 Å². The number of hydrogen-bond donors (Lipinski definition) is 0. The lowest BCUT2D eigenvalue weighted by Gasteiger charge is -2.35. The molecule has 0 aliphatic carbocycles. The molecule has 4 rings (SSSR count). The number of carbonyl (C=O) groups excluding carboxylic acids is 1. The number of halogens is 3. The van der Waals surface area contributed by atoms with Crippen LogP contribution < -0.4 is 4.74 Å². The highest BCUT2D eigenvalue weighted by molar-refractivity contribution is 5.80. The standard InChI is InChI=1S/C18H23F3N2O3/c1-25-8-7-23-15-6-5-14(17(23)24)11-22(12-15)10-13-3-2-4-16(9-13)26-18(19,20)21/h2-4,9,14-15H,5-8,10-12H2,1H3/t14-,15+/m0/s1. The van der Waals surface area contributed by atoms with Gasteiger partial charge in [0, 0.05) is 39.3 Å². The minimum atomic E-state index is -4.70. The Kier molecular flexibility index (Phi) is 5.72. The normalized spacial score (nSPS) is 24.0. The van der Waals surface area contributed by atoms with Gasteiger partial charge in [-0.05, 0) is 30.5 Å². The van der Waals surface area contributed by atoms with Crippen molar-refractivity contribution in [3.63, 3.8) is 0 Å². The Morgan fingerprint density at radius 2 is 2.04 bits per heavy atom. The van der Waals surface area contributed by atoms with E-state index in [9.17, 15) is 18.0 Å². The van der Waals surface area contributed by atoms with Gasteiger partial charge in [0.1, 0.15) is 5.75 Å². The SMILES string of the molecule is COCCN1C(=O)[C@H]2CC[C@@H]1CN(Cc1cccc(OC(F)(F)F)c1)C2. The molecule has 0 saturated carbocycles. The van der Waals surface area contributed by atoms with Crippen LogP contribution in [0.25, 0.3) is 0 Å². The zero-order chi connectivity index (χ0) is 18.7. The highest BCUT2D eigenvalue weighted by atomic mass is 19.4. The summed E-state index contributed by atoms with van der Waals surface area (Å²) in [4.78, 5) is 16.7. The number of rotatable bonds is 6. The number of carbonyl (C=O) groups is 1. The molecule has 3 aliphatic rings. The molecule has 3 saturated heterocycles. The summed E-state index contributed by atoms with van der Waals surface area (Å²) in [5, 5.41) is 0.